The Morgan fingerprint density at radius 1 is 1.60 bits per heavy atom. The molecule has 0 aliphatic carbocycles. The molecule has 4 nitrogen and oxygen atoms in total. The lowest BCUT2D eigenvalue weighted by Crippen LogP contribution is -2.30. The number of hydrogen-bond acceptors (Lipinski definition) is 4. The van der Waals surface area contributed by atoms with E-state index >= 15 is 0 Å². The van der Waals surface area contributed by atoms with Gasteiger partial charge < -0.3 is 10.2 Å². The molecule has 0 saturated carbocycles. The highest BCUT2D eigenvalue weighted by molar-refractivity contribution is 5.43. The van der Waals surface area contributed by atoms with Gasteiger partial charge in [-0.15, -0.1) is 0 Å². The third-order valence-corrected chi connectivity index (χ3v) is 2.54. The number of anilines is 2. The van der Waals surface area contributed by atoms with E-state index in [4.69, 9.17) is 0 Å². The number of nitrogens with zero attached hydrogens (tertiary/aromatic N) is 3. The molecule has 15 heavy (non-hydrogen) atoms. The maximum atomic E-state index is 13.5. The Morgan fingerprint density at radius 2 is 2.27 bits per heavy atom. The summed E-state index contributed by atoms with van der Waals surface area (Å²) in [6.45, 7) is 4.08. The van der Waals surface area contributed by atoms with Crippen molar-refractivity contribution in [3.05, 3.63) is 12.0 Å². The van der Waals surface area contributed by atoms with Crippen LogP contribution in [-0.2, 0) is 0 Å². The SMILES string of the molecule is CCC(C)N(C)c1nc(NC)ncc1F. The Bertz CT molecular complexity index is 329. The molecule has 1 heterocycles. The lowest BCUT2D eigenvalue weighted by molar-refractivity contribution is 0.585. The molecule has 1 aromatic heterocycles. The summed E-state index contributed by atoms with van der Waals surface area (Å²) in [5.41, 5.74) is 0. The van der Waals surface area contributed by atoms with Crippen LogP contribution in [0.4, 0.5) is 16.2 Å². The summed E-state index contributed by atoms with van der Waals surface area (Å²) < 4.78 is 13.5. The number of aromatic nitrogens is 2. The second-order valence-electron chi connectivity index (χ2n) is 3.48. The largest absolute Gasteiger partial charge is 0.357 e. The van der Waals surface area contributed by atoms with Crippen molar-refractivity contribution >= 4 is 11.8 Å². The number of hydrogen-bond donors (Lipinski definition) is 1. The van der Waals surface area contributed by atoms with E-state index in [2.05, 4.69) is 22.2 Å². The molecule has 0 aliphatic heterocycles. The monoisotopic (exact) mass is 212 g/mol. The van der Waals surface area contributed by atoms with Crippen molar-refractivity contribution in [1.82, 2.24) is 9.97 Å². The normalized spacial score (nSPS) is 12.3. The molecule has 0 amide bonds. The predicted molar refractivity (Wildman–Crippen MR) is 59.7 cm³/mol. The quantitative estimate of drug-likeness (QED) is 0.827. The molecule has 0 radical (unpaired) electrons. The van der Waals surface area contributed by atoms with E-state index in [1.54, 1.807) is 7.05 Å². The van der Waals surface area contributed by atoms with Gasteiger partial charge in [-0.1, -0.05) is 6.92 Å². The molecule has 84 valence electrons. The highest BCUT2D eigenvalue weighted by Gasteiger charge is 2.15. The average Bonchev–Trinajstić information content (AvgIpc) is 2.27. The van der Waals surface area contributed by atoms with Crippen LogP contribution in [0.3, 0.4) is 0 Å². The van der Waals surface area contributed by atoms with Crippen LogP contribution in [0.25, 0.3) is 0 Å². The number of nitrogens with one attached hydrogen (secondary N) is 1. The summed E-state index contributed by atoms with van der Waals surface area (Å²) in [4.78, 5) is 9.71. The van der Waals surface area contributed by atoms with Gasteiger partial charge in [-0.25, -0.2) is 9.37 Å². The van der Waals surface area contributed by atoms with Gasteiger partial charge >= 0.3 is 0 Å². The fourth-order valence-electron chi connectivity index (χ4n) is 1.21. The van der Waals surface area contributed by atoms with Gasteiger partial charge in [0.1, 0.15) is 0 Å². The lowest BCUT2D eigenvalue weighted by atomic mass is 10.2. The van der Waals surface area contributed by atoms with Crippen molar-refractivity contribution < 1.29 is 4.39 Å². The van der Waals surface area contributed by atoms with Crippen LogP contribution in [0.1, 0.15) is 20.3 Å². The number of halogens is 1. The third-order valence-electron chi connectivity index (χ3n) is 2.54. The minimum Gasteiger partial charge on any atom is -0.357 e. The molecule has 0 saturated heterocycles. The van der Waals surface area contributed by atoms with Crippen LogP contribution in [0.15, 0.2) is 6.20 Å². The fourth-order valence-corrected chi connectivity index (χ4v) is 1.21. The minimum atomic E-state index is -0.392. The molecule has 1 aromatic rings. The highest BCUT2D eigenvalue weighted by atomic mass is 19.1. The molecule has 0 spiro atoms. The molecule has 0 bridgehead atoms. The molecule has 0 aliphatic rings. The first-order chi connectivity index (χ1) is 7.10. The second kappa shape index (κ2) is 4.91. The Kier molecular flexibility index (Phi) is 3.82. The number of rotatable bonds is 4. The van der Waals surface area contributed by atoms with E-state index in [9.17, 15) is 4.39 Å². The first kappa shape index (κ1) is 11.7. The Hall–Kier alpha value is -1.39. The molecule has 1 atom stereocenters. The standard InChI is InChI=1S/C10H17FN4/c1-5-7(2)15(4)9-8(11)6-13-10(12-3)14-9/h6-7H,5H2,1-4H3,(H,12,13,14). The Labute approximate surface area is 89.5 Å². The third kappa shape index (κ3) is 2.55. The van der Waals surface area contributed by atoms with Crippen LogP contribution in [-0.4, -0.2) is 30.1 Å². The van der Waals surface area contributed by atoms with Crippen molar-refractivity contribution in [2.24, 2.45) is 0 Å². The zero-order valence-electron chi connectivity index (χ0n) is 9.58. The zero-order chi connectivity index (χ0) is 11.4. The van der Waals surface area contributed by atoms with Gasteiger partial charge in [-0.2, -0.15) is 4.98 Å². The fraction of sp³-hybridized carbons (Fsp3) is 0.600. The van der Waals surface area contributed by atoms with E-state index in [1.165, 1.54) is 6.20 Å². The topological polar surface area (TPSA) is 41.1 Å². The summed E-state index contributed by atoms with van der Waals surface area (Å²) >= 11 is 0. The van der Waals surface area contributed by atoms with Crippen molar-refractivity contribution in [2.45, 2.75) is 26.3 Å². The summed E-state index contributed by atoms with van der Waals surface area (Å²) in [5, 5.41) is 2.79. The average molecular weight is 212 g/mol. The van der Waals surface area contributed by atoms with Crippen LogP contribution < -0.4 is 10.2 Å². The molecule has 1 rings (SSSR count). The van der Waals surface area contributed by atoms with Crippen LogP contribution >= 0.6 is 0 Å². The van der Waals surface area contributed by atoms with Gasteiger partial charge in [0.2, 0.25) is 5.95 Å². The van der Waals surface area contributed by atoms with Crippen molar-refractivity contribution in [1.29, 1.82) is 0 Å². The van der Waals surface area contributed by atoms with Crippen molar-refractivity contribution in [3.8, 4) is 0 Å². The van der Waals surface area contributed by atoms with Gasteiger partial charge in [-0.3, -0.25) is 0 Å². The minimum absolute atomic E-state index is 0.249. The van der Waals surface area contributed by atoms with Gasteiger partial charge in [0.25, 0.3) is 0 Å². The lowest BCUT2D eigenvalue weighted by Gasteiger charge is -2.25. The van der Waals surface area contributed by atoms with Gasteiger partial charge in [0, 0.05) is 20.1 Å². The van der Waals surface area contributed by atoms with Crippen molar-refractivity contribution in [2.75, 3.05) is 24.3 Å². The van der Waals surface area contributed by atoms with E-state index < -0.39 is 5.82 Å². The predicted octanol–water partition coefficient (Wildman–Crippen LogP) is 1.89. The molecule has 1 unspecified atom stereocenters. The first-order valence-corrected chi connectivity index (χ1v) is 5.03. The van der Waals surface area contributed by atoms with E-state index in [0.29, 0.717) is 11.8 Å². The van der Waals surface area contributed by atoms with Crippen LogP contribution in [0.2, 0.25) is 0 Å². The molecular weight excluding hydrogens is 195 g/mol. The summed E-state index contributed by atoms with van der Waals surface area (Å²) in [7, 11) is 3.54. The Morgan fingerprint density at radius 3 is 2.80 bits per heavy atom. The van der Waals surface area contributed by atoms with Crippen LogP contribution in [0.5, 0.6) is 0 Å². The van der Waals surface area contributed by atoms with Gasteiger partial charge in [0.15, 0.2) is 11.6 Å². The summed E-state index contributed by atoms with van der Waals surface area (Å²) in [5.74, 6) is 0.377. The van der Waals surface area contributed by atoms with Crippen LogP contribution in [0, 0.1) is 5.82 Å². The summed E-state index contributed by atoms with van der Waals surface area (Å²) in [6.07, 6.45) is 2.13. The molecule has 1 N–H and O–H groups in total. The maximum absolute atomic E-state index is 13.5. The van der Waals surface area contributed by atoms with E-state index in [1.807, 2.05) is 18.9 Å². The zero-order valence-corrected chi connectivity index (χ0v) is 9.58. The highest BCUT2D eigenvalue weighted by Crippen LogP contribution is 2.18. The van der Waals surface area contributed by atoms with Gasteiger partial charge in [0.05, 0.1) is 6.20 Å². The molecule has 5 heteroatoms. The molecule has 0 aromatic carbocycles. The maximum Gasteiger partial charge on any atom is 0.224 e. The van der Waals surface area contributed by atoms with Crippen molar-refractivity contribution in [3.63, 3.8) is 0 Å². The smallest absolute Gasteiger partial charge is 0.224 e. The first-order valence-electron chi connectivity index (χ1n) is 5.03. The van der Waals surface area contributed by atoms with E-state index in [0.717, 1.165) is 6.42 Å². The molecular formula is C10H17FN4. The summed E-state index contributed by atoms with van der Waals surface area (Å²) in [6, 6.07) is 0.249. The Balaban J connectivity index is 3.01. The second-order valence-corrected chi connectivity index (χ2v) is 3.48. The van der Waals surface area contributed by atoms with Gasteiger partial charge in [-0.05, 0) is 13.3 Å². The molecule has 0 fully saturated rings. The van der Waals surface area contributed by atoms with E-state index in [-0.39, 0.29) is 6.04 Å².